The molecule has 218 valence electrons. The lowest BCUT2D eigenvalue weighted by atomic mass is 10.0. The van der Waals surface area contributed by atoms with Gasteiger partial charge in [0.05, 0.1) is 22.2 Å². The van der Waals surface area contributed by atoms with E-state index in [4.69, 9.17) is 0 Å². The molecule has 3 aromatic rings. The van der Waals surface area contributed by atoms with E-state index >= 15 is 0 Å². The van der Waals surface area contributed by atoms with Gasteiger partial charge in [0.15, 0.2) is 5.78 Å². The molecule has 0 saturated carbocycles. The first-order valence-corrected chi connectivity index (χ1v) is 15.1. The predicted octanol–water partition coefficient (Wildman–Crippen LogP) is 5.65. The normalized spacial score (nSPS) is 18.5. The molecule has 0 amide bonds. The Hall–Kier alpha value is -3.38. The Morgan fingerprint density at radius 1 is 0.902 bits per heavy atom. The molecule has 1 atom stereocenters. The van der Waals surface area contributed by atoms with Gasteiger partial charge in [0.1, 0.15) is 5.82 Å². The molecule has 0 aliphatic carbocycles. The first-order valence-electron chi connectivity index (χ1n) is 13.6. The zero-order valence-corrected chi connectivity index (χ0v) is 23.1. The van der Waals surface area contributed by atoms with Gasteiger partial charge in [-0.1, -0.05) is 12.1 Å². The summed E-state index contributed by atoms with van der Waals surface area (Å²) in [5, 5.41) is 0. The van der Waals surface area contributed by atoms with Gasteiger partial charge in [0.25, 0.3) is 0 Å². The monoisotopic (exact) mass is 590 g/mol. The van der Waals surface area contributed by atoms with Crippen LogP contribution in [0.2, 0.25) is 0 Å². The number of anilines is 1. The van der Waals surface area contributed by atoms with Crippen molar-refractivity contribution in [2.45, 2.75) is 62.1 Å². The average molecular weight is 591 g/mol. The number of piperidine rings is 1. The molecule has 2 aliphatic rings. The van der Waals surface area contributed by atoms with Crippen molar-refractivity contribution in [3.05, 3.63) is 71.7 Å². The number of alkyl halides is 3. The summed E-state index contributed by atoms with van der Waals surface area (Å²) in [4.78, 5) is 24.6. The minimum absolute atomic E-state index is 0.0308. The van der Waals surface area contributed by atoms with Gasteiger partial charge in [0, 0.05) is 37.3 Å². The van der Waals surface area contributed by atoms with E-state index in [9.17, 15) is 30.8 Å². The number of halogens is 4. The van der Waals surface area contributed by atoms with E-state index in [2.05, 4.69) is 9.97 Å². The second kappa shape index (κ2) is 11.8. The summed E-state index contributed by atoms with van der Waals surface area (Å²) < 4.78 is 80.2. The molecule has 2 aromatic carbocycles. The Balaban J connectivity index is 1.36. The van der Waals surface area contributed by atoms with Crippen molar-refractivity contribution in [2.75, 3.05) is 24.5 Å². The van der Waals surface area contributed by atoms with Crippen molar-refractivity contribution in [3.63, 3.8) is 0 Å². The highest BCUT2D eigenvalue weighted by atomic mass is 32.2. The number of ketones is 1. The van der Waals surface area contributed by atoms with Crippen LogP contribution in [0.5, 0.6) is 0 Å². The fourth-order valence-corrected chi connectivity index (χ4v) is 7.01. The SMILES string of the molecule is O=C(CCc1cc(-c2ccc(C(F)(F)F)cc2)nc(N2CCCCC2)n1)[C@@H]1CCCN1S(=O)(=O)c1ccc(F)cc1. The van der Waals surface area contributed by atoms with E-state index in [0.29, 0.717) is 35.7 Å². The molecule has 2 saturated heterocycles. The van der Waals surface area contributed by atoms with Gasteiger partial charge in [-0.05, 0) is 81.0 Å². The molecule has 5 rings (SSSR count). The summed E-state index contributed by atoms with van der Waals surface area (Å²) in [7, 11) is -3.98. The van der Waals surface area contributed by atoms with E-state index in [-0.39, 0.29) is 30.1 Å². The van der Waals surface area contributed by atoms with Crippen molar-refractivity contribution in [3.8, 4) is 11.3 Å². The largest absolute Gasteiger partial charge is 0.416 e. The second-order valence-corrected chi connectivity index (χ2v) is 12.3. The molecule has 1 aromatic heterocycles. The Kier molecular flexibility index (Phi) is 8.42. The lowest BCUT2D eigenvalue weighted by Crippen LogP contribution is -2.40. The van der Waals surface area contributed by atoms with Crippen LogP contribution in [0.4, 0.5) is 23.5 Å². The Morgan fingerprint density at radius 3 is 2.24 bits per heavy atom. The molecule has 2 aliphatic heterocycles. The predicted molar refractivity (Wildman–Crippen MR) is 145 cm³/mol. The maximum absolute atomic E-state index is 13.3. The number of Topliss-reactive ketones (excluding diaryl/α,β-unsaturated/α-hetero) is 1. The number of hydrogen-bond donors (Lipinski definition) is 0. The summed E-state index contributed by atoms with van der Waals surface area (Å²) in [5.74, 6) is -0.337. The highest BCUT2D eigenvalue weighted by molar-refractivity contribution is 7.89. The summed E-state index contributed by atoms with van der Waals surface area (Å²) >= 11 is 0. The van der Waals surface area contributed by atoms with Crippen molar-refractivity contribution < 1.29 is 30.8 Å². The smallest absolute Gasteiger partial charge is 0.341 e. The standard InChI is InChI=1S/C29H30F4N4O3S/c30-22-10-13-24(14-11-22)41(39,40)37-18-4-5-26(37)27(38)15-12-23-19-25(20-6-8-21(9-7-20)29(31,32)33)35-28(34-23)36-16-2-1-3-17-36/h6-11,13-14,19,26H,1-5,12,15-18H2/t26-/m0/s1. The molecular formula is C29H30F4N4O3S. The van der Waals surface area contributed by atoms with E-state index in [1.165, 1.54) is 28.6 Å². The van der Waals surface area contributed by atoms with E-state index in [1.54, 1.807) is 6.07 Å². The summed E-state index contributed by atoms with van der Waals surface area (Å²) in [5.41, 5.74) is 0.751. The van der Waals surface area contributed by atoms with Gasteiger partial charge >= 0.3 is 6.18 Å². The highest BCUT2D eigenvalue weighted by Crippen LogP contribution is 2.32. The lowest BCUT2D eigenvalue weighted by molar-refractivity contribution is -0.137. The number of carbonyl (C=O) groups excluding carboxylic acids is 1. The van der Waals surface area contributed by atoms with Gasteiger partial charge in [0.2, 0.25) is 16.0 Å². The molecule has 0 bridgehead atoms. The topological polar surface area (TPSA) is 83.5 Å². The summed E-state index contributed by atoms with van der Waals surface area (Å²) in [6.07, 6.45) is -0.244. The third-order valence-corrected chi connectivity index (χ3v) is 9.46. The van der Waals surface area contributed by atoms with Crippen molar-refractivity contribution in [1.82, 2.24) is 14.3 Å². The zero-order chi connectivity index (χ0) is 29.2. The molecule has 12 heteroatoms. The van der Waals surface area contributed by atoms with Crippen molar-refractivity contribution >= 4 is 21.8 Å². The van der Waals surface area contributed by atoms with E-state index in [0.717, 1.165) is 56.6 Å². The van der Waals surface area contributed by atoms with Crippen LogP contribution < -0.4 is 4.90 Å². The van der Waals surface area contributed by atoms with E-state index < -0.39 is 33.6 Å². The number of sulfonamides is 1. The molecular weight excluding hydrogens is 560 g/mol. The molecule has 2 fully saturated rings. The van der Waals surface area contributed by atoms with Crippen LogP contribution in [0.25, 0.3) is 11.3 Å². The maximum Gasteiger partial charge on any atom is 0.416 e. The van der Waals surface area contributed by atoms with Crippen molar-refractivity contribution in [2.24, 2.45) is 0 Å². The molecule has 0 unspecified atom stereocenters. The second-order valence-electron chi connectivity index (χ2n) is 10.4. The maximum atomic E-state index is 13.3. The number of nitrogens with zero attached hydrogens (tertiary/aromatic N) is 4. The highest BCUT2D eigenvalue weighted by Gasteiger charge is 2.39. The molecule has 3 heterocycles. The molecule has 0 radical (unpaired) electrons. The Morgan fingerprint density at radius 2 is 1.59 bits per heavy atom. The Labute approximate surface area is 236 Å². The van der Waals surface area contributed by atoms with Crippen LogP contribution in [0.3, 0.4) is 0 Å². The third-order valence-electron chi connectivity index (χ3n) is 7.54. The van der Waals surface area contributed by atoms with Crippen LogP contribution in [-0.2, 0) is 27.4 Å². The minimum atomic E-state index is -4.45. The number of hydrogen-bond acceptors (Lipinski definition) is 6. The van der Waals surface area contributed by atoms with Crippen molar-refractivity contribution in [1.29, 1.82) is 0 Å². The first kappa shape index (κ1) is 29.1. The first-order chi connectivity index (χ1) is 19.5. The molecule has 0 spiro atoms. The van der Waals surface area contributed by atoms with Gasteiger partial charge in [-0.25, -0.2) is 22.8 Å². The number of rotatable bonds is 8. The third kappa shape index (κ3) is 6.59. The van der Waals surface area contributed by atoms with Crippen LogP contribution in [0.1, 0.15) is 49.8 Å². The zero-order valence-electron chi connectivity index (χ0n) is 22.3. The fraction of sp³-hybridized carbons (Fsp3) is 0.414. The quantitative estimate of drug-likeness (QED) is 0.316. The van der Waals surface area contributed by atoms with Gasteiger partial charge in [-0.3, -0.25) is 4.79 Å². The van der Waals surface area contributed by atoms with Gasteiger partial charge in [-0.2, -0.15) is 17.5 Å². The fourth-order valence-electron chi connectivity index (χ4n) is 5.33. The summed E-state index contributed by atoms with van der Waals surface area (Å²) in [6.45, 7) is 1.71. The number of aromatic nitrogens is 2. The lowest BCUT2D eigenvalue weighted by Gasteiger charge is -2.27. The van der Waals surface area contributed by atoms with Crippen LogP contribution in [0.15, 0.2) is 59.5 Å². The van der Waals surface area contributed by atoms with Crippen LogP contribution in [0, 0.1) is 5.82 Å². The molecule has 41 heavy (non-hydrogen) atoms. The van der Waals surface area contributed by atoms with Gasteiger partial charge in [-0.15, -0.1) is 0 Å². The van der Waals surface area contributed by atoms with Gasteiger partial charge < -0.3 is 4.90 Å². The minimum Gasteiger partial charge on any atom is -0.341 e. The number of carbonyl (C=O) groups is 1. The number of aryl methyl sites for hydroxylation is 1. The van der Waals surface area contributed by atoms with Crippen LogP contribution in [-0.4, -0.2) is 54.2 Å². The number of benzene rings is 2. The van der Waals surface area contributed by atoms with Crippen LogP contribution >= 0.6 is 0 Å². The molecule has 0 N–H and O–H groups in total. The Bertz CT molecular complexity index is 1490. The average Bonchev–Trinajstić information content (AvgIpc) is 3.47. The molecule has 7 nitrogen and oxygen atoms in total. The summed E-state index contributed by atoms with van der Waals surface area (Å²) in [6, 6.07) is 10.1. The van der Waals surface area contributed by atoms with E-state index in [1.807, 2.05) is 4.90 Å².